The van der Waals surface area contributed by atoms with Gasteiger partial charge in [-0.2, -0.15) is 0 Å². The fraction of sp³-hybridized carbons (Fsp3) is 0.263. The average molecular weight is 405 g/mol. The SMILES string of the molecule is CCOc1ccccc1C(=O)NCC(=O)NC(C)c1ccc(Br)cc1. The standard InChI is InChI=1S/C19H21BrN2O3/c1-3-25-17-7-5-4-6-16(17)19(24)21-12-18(23)22-13(2)14-8-10-15(20)11-9-14/h4-11,13H,3,12H2,1-2H3,(H,21,24)(H,22,23). The van der Waals surface area contributed by atoms with Gasteiger partial charge in [-0.3, -0.25) is 9.59 Å². The molecule has 0 bridgehead atoms. The highest BCUT2D eigenvalue weighted by Gasteiger charge is 2.14. The molecule has 0 aliphatic rings. The summed E-state index contributed by atoms with van der Waals surface area (Å²) in [7, 11) is 0. The summed E-state index contributed by atoms with van der Waals surface area (Å²) >= 11 is 3.38. The quantitative estimate of drug-likeness (QED) is 0.742. The predicted molar refractivity (Wildman–Crippen MR) is 101 cm³/mol. The van der Waals surface area contributed by atoms with Crippen LogP contribution in [0.5, 0.6) is 5.75 Å². The van der Waals surface area contributed by atoms with Crippen LogP contribution < -0.4 is 15.4 Å². The van der Waals surface area contributed by atoms with E-state index in [9.17, 15) is 9.59 Å². The van der Waals surface area contributed by atoms with E-state index in [1.54, 1.807) is 24.3 Å². The molecule has 2 amide bonds. The van der Waals surface area contributed by atoms with Gasteiger partial charge in [-0.1, -0.05) is 40.2 Å². The number of benzene rings is 2. The number of carbonyl (C=O) groups excluding carboxylic acids is 2. The Morgan fingerprint density at radius 1 is 1.12 bits per heavy atom. The summed E-state index contributed by atoms with van der Waals surface area (Å²) in [4.78, 5) is 24.3. The summed E-state index contributed by atoms with van der Waals surface area (Å²) in [6.07, 6.45) is 0. The normalized spacial score (nSPS) is 11.5. The highest BCUT2D eigenvalue weighted by Crippen LogP contribution is 2.18. The number of nitrogens with one attached hydrogen (secondary N) is 2. The Hall–Kier alpha value is -2.34. The molecule has 0 heterocycles. The lowest BCUT2D eigenvalue weighted by Gasteiger charge is -2.15. The van der Waals surface area contributed by atoms with Crippen LogP contribution in [0.25, 0.3) is 0 Å². The van der Waals surface area contributed by atoms with Crippen molar-refractivity contribution in [1.29, 1.82) is 0 Å². The van der Waals surface area contributed by atoms with Crippen molar-refractivity contribution < 1.29 is 14.3 Å². The maximum Gasteiger partial charge on any atom is 0.255 e. The third kappa shape index (κ3) is 5.60. The van der Waals surface area contributed by atoms with Crippen molar-refractivity contribution in [3.63, 3.8) is 0 Å². The molecule has 2 aromatic carbocycles. The molecule has 2 N–H and O–H groups in total. The maximum atomic E-state index is 12.3. The average Bonchev–Trinajstić information content (AvgIpc) is 2.61. The molecule has 0 fully saturated rings. The van der Waals surface area contributed by atoms with Crippen LogP contribution in [0.15, 0.2) is 53.0 Å². The van der Waals surface area contributed by atoms with Crippen LogP contribution in [-0.4, -0.2) is 25.0 Å². The monoisotopic (exact) mass is 404 g/mol. The number of para-hydroxylation sites is 1. The van der Waals surface area contributed by atoms with E-state index in [-0.39, 0.29) is 24.4 Å². The molecule has 0 aliphatic heterocycles. The number of halogens is 1. The fourth-order valence-electron chi connectivity index (χ4n) is 2.32. The first kappa shape index (κ1) is 19.0. The minimum absolute atomic E-state index is 0.0971. The molecule has 25 heavy (non-hydrogen) atoms. The lowest BCUT2D eigenvalue weighted by Crippen LogP contribution is -2.38. The van der Waals surface area contributed by atoms with Crippen LogP contribution in [0, 0.1) is 0 Å². The van der Waals surface area contributed by atoms with E-state index in [0.717, 1.165) is 10.0 Å². The van der Waals surface area contributed by atoms with Crippen molar-refractivity contribution in [2.75, 3.05) is 13.2 Å². The third-order valence-electron chi connectivity index (χ3n) is 3.59. The number of hydrogen-bond donors (Lipinski definition) is 2. The number of carbonyl (C=O) groups is 2. The van der Waals surface area contributed by atoms with Gasteiger partial charge in [-0.15, -0.1) is 0 Å². The second-order valence-corrected chi connectivity index (χ2v) is 6.37. The van der Waals surface area contributed by atoms with Crippen LogP contribution in [0.4, 0.5) is 0 Å². The summed E-state index contributed by atoms with van der Waals surface area (Å²) < 4.78 is 6.41. The van der Waals surface area contributed by atoms with Gasteiger partial charge in [0.05, 0.1) is 24.8 Å². The van der Waals surface area contributed by atoms with Crippen LogP contribution in [0.3, 0.4) is 0 Å². The molecule has 2 aromatic rings. The third-order valence-corrected chi connectivity index (χ3v) is 4.12. The zero-order valence-corrected chi connectivity index (χ0v) is 15.8. The summed E-state index contributed by atoms with van der Waals surface area (Å²) in [5.74, 6) is -0.0840. The second kappa shape index (κ2) is 9.22. The Morgan fingerprint density at radius 2 is 1.80 bits per heavy atom. The molecule has 0 aromatic heterocycles. The summed E-state index contributed by atoms with van der Waals surface area (Å²) in [6.45, 7) is 4.12. The van der Waals surface area contributed by atoms with Crippen LogP contribution in [0.2, 0.25) is 0 Å². The van der Waals surface area contributed by atoms with Crippen molar-refractivity contribution in [3.8, 4) is 5.75 Å². The second-order valence-electron chi connectivity index (χ2n) is 5.45. The highest BCUT2D eigenvalue weighted by atomic mass is 79.9. The zero-order chi connectivity index (χ0) is 18.2. The molecule has 0 radical (unpaired) electrons. The highest BCUT2D eigenvalue weighted by molar-refractivity contribution is 9.10. The van der Waals surface area contributed by atoms with E-state index in [1.165, 1.54) is 0 Å². The van der Waals surface area contributed by atoms with Crippen molar-refractivity contribution >= 4 is 27.7 Å². The van der Waals surface area contributed by atoms with Crippen molar-refractivity contribution in [3.05, 3.63) is 64.1 Å². The van der Waals surface area contributed by atoms with Crippen LogP contribution >= 0.6 is 15.9 Å². The number of hydrogen-bond acceptors (Lipinski definition) is 3. The summed E-state index contributed by atoms with van der Waals surface area (Å²) in [6, 6.07) is 14.5. The number of amides is 2. The smallest absolute Gasteiger partial charge is 0.255 e. The minimum Gasteiger partial charge on any atom is -0.493 e. The van der Waals surface area contributed by atoms with E-state index in [4.69, 9.17) is 4.74 Å². The first-order chi connectivity index (χ1) is 12.0. The summed E-state index contributed by atoms with van der Waals surface area (Å²) in [5.41, 5.74) is 1.41. The molecule has 0 saturated carbocycles. The molecular formula is C19H21BrN2O3. The van der Waals surface area contributed by atoms with Crippen molar-refractivity contribution in [1.82, 2.24) is 10.6 Å². The van der Waals surface area contributed by atoms with E-state index in [1.807, 2.05) is 38.1 Å². The molecule has 5 nitrogen and oxygen atoms in total. The van der Waals surface area contributed by atoms with Gasteiger partial charge in [0.25, 0.3) is 5.91 Å². The lowest BCUT2D eigenvalue weighted by molar-refractivity contribution is -0.120. The van der Waals surface area contributed by atoms with E-state index in [2.05, 4.69) is 26.6 Å². The Kier molecular flexibility index (Phi) is 7.01. The van der Waals surface area contributed by atoms with Gasteiger partial charge in [0, 0.05) is 4.47 Å². The van der Waals surface area contributed by atoms with Crippen LogP contribution in [0.1, 0.15) is 35.8 Å². The molecule has 0 aliphatic carbocycles. The van der Waals surface area contributed by atoms with Gasteiger partial charge in [0.1, 0.15) is 5.75 Å². The number of ether oxygens (including phenoxy) is 1. The van der Waals surface area contributed by atoms with Gasteiger partial charge in [0.2, 0.25) is 5.91 Å². The largest absolute Gasteiger partial charge is 0.493 e. The van der Waals surface area contributed by atoms with Crippen molar-refractivity contribution in [2.24, 2.45) is 0 Å². The molecule has 132 valence electrons. The number of rotatable bonds is 7. The maximum absolute atomic E-state index is 12.3. The molecular weight excluding hydrogens is 384 g/mol. The Labute approximate surface area is 155 Å². The minimum atomic E-state index is -0.338. The van der Waals surface area contributed by atoms with Gasteiger partial charge in [-0.25, -0.2) is 0 Å². The Balaban J connectivity index is 1.89. The van der Waals surface area contributed by atoms with E-state index < -0.39 is 0 Å². The topological polar surface area (TPSA) is 67.4 Å². The fourth-order valence-corrected chi connectivity index (χ4v) is 2.58. The molecule has 1 atom stereocenters. The first-order valence-corrected chi connectivity index (χ1v) is 8.85. The zero-order valence-electron chi connectivity index (χ0n) is 14.2. The Bertz CT molecular complexity index is 732. The molecule has 2 rings (SSSR count). The van der Waals surface area contributed by atoms with Crippen molar-refractivity contribution in [2.45, 2.75) is 19.9 Å². The lowest BCUT2D eigenvalue weighted by atomic mass is 10.1. The molecule has 6 heteroatoms. The first-order valence-electron chi connectivity index (χ1n) is 8.06. The van der Waals surface area contributed by atoms with E-state index >= 15 is 0 Å². The van der Waals surface area contributed by atoms with Gasteiger partial charge < -0.3 is 15.4 Å². The molecule has 0 saturated heterocycles. The summed E-state index contributed by atoms with van der Waals surface area (Å²) in [5, 5.41) is 5.49. The molecule has 1 unspecified atom stereocenters. The van der Waals surface area contributed by atoms with Crippen LogP contribution in [-0.2, 0) is 4.79 Å². The van der Waals surface area contributed by atoms with Gasteiger partial charge in [0.15, 0.2) is 0 Å². The molecule has 0 spiro atoms. The predicted octanol–water partition coefficient (Wildman–Crippen LogP) is 3.46. The van der Waals surface area contributed by atoms with Gasteiger partial charge >= 0.3 is 0 Å². The Morgan fingerprint density at radius 3 is 2.48 bits per heavy atom. The van der Waals surface area contributed by atoms with E-state index in [0.29, 0.717) is 17.9 Å². The van der Waals surface area contributed by atoms with Gasteiger partial charge in [-0.05, 0) is 43.7 Å².